The Morgan fingerprint density at radius 3 is 2.19 bits per heavy atom. The van der Waals surface area contributed by atoms with Gasteiger partial charge in [-0.25, -0.2) is 13.2 Å². The SMILES string of the molecule is C=C(CN1CCN(S(C)(=O)=O)CC1)C(=O)O. The lowest BCUT2D eigenvalue weighted by Crippen LogP contribution is -2.48. The van der Waals surface area contributed by atoms with Gasteiger partial charge < -0.3 is 5.11 Å². The van der Waals surface area contributed by atoms with Crippen molar-refractivity contribution in [2.75, 3.05) is 39.0 Å². The van der Waals surface area contributed by atoms with Crippen molar-refractivity contribution in [3.8, 4) is 0 Å². The first-order valence-corrected chi connectivity index (χ1v) is 6.74. The lowest BCUT2D eigenvalue weighted by Gasteiger charge is -2.33. The summed E-state index contributed by atoms with van der Waals surface area (Å²) >= 11 is 0. The fourth-order valence-electron chi connectivity index (χ4n) is 1.56. The molecule has 0 radical (unpaired) electrons. The second-order valence-corrected chi connectivity index (χ2v) is 5.83. The van der Waals surface area contributed by atoms with Gasteiger partial charge in [0.05, 0.1) is 6.26 Å². The van der Waals surface area contributed by atoms with Crippen LogP contribution >= 0.6 is 0 Å². The molecular weight excluding hydrogens is 232 g/mol. The van der Waals surface area contributed by atoms with Crippen LogP contribution in [-0.2, 0) is 14.8 Å². The molecule has 0 aliphatic carbocycles. The first-order valence-electron chi connectivity index (χ1n) is 4.89. The van der Waals surface area contributed by atoms with Gasteiger partial charge in [-0.05, 0) is 0 Å². The molecule has 1 saturated heterocycles. The summed E-state index contributed by atoms with van der Waals surface area (Å²) in [6.45, 7) is 5.63. The Hall–Kier alpha value is -0.920. The molecule has 1 fully saturated rings. The lowest BCUT2D eigenvalue weighted by atomic mass is 10.2. The van der Waals surface area contributed by atoms with Crippen molar-refractivity contribution < 1.29 is 18.3 Å². The molecule has 1 heterocycles. The van der Waals surface area contributed by atoms with Gasteiger partial charge in [0.2, 0.25) is 10.0 Å². The Morgan fingerprint density at radius 1 is 1.31 bits per heavy atom. The number of nitrogens with zero attached hydrogens (tertiary/aromatic N) is 2. The molecule has 0 aromatic rings. The van der Waals surface area contributed by atoms with E-state index in [0.29, 0.717) is 26.2 Å². The second kappa shape index (κ2) is 4.94. The first kappa shape index (κ1) is 13.1. The normalized spacial score (nSPS) is 19.6. The summed E-state index contributed by atoms with van der Waals surface area (Å²) in [4.78, 5) is 12.5. The Kier molecular flexibility index (Phi) is 4.06. The summed E-state index contributed by atoms with van der Waals surface area (Å²) in [5.74, 6) is -1.01. The van der Waals surface area contributed by atoms with Crippen LogP contribution in [0.15, 0.2) is 12.2 Å². The minimum absolute atomic E-state index is 0.132. The van der Waals surface area contributed by atoms with Gasteiger partial charge in [0.1, 0.15) is 0 Å². The fourth-order valence-corrected chi connectivity index (χ4v) is 2.38. The Labute approximate surface area is 95.2 Å². The van der Waals surface area contributed by atoms with E-state index in [-0.39, 0.29) is 12.1 Å². The number of hydrogen-bond donors (Lipinski definition) is 1. The molecule has 0 atom stereocenters. The van der Waals surface area contributed by atoms with Gasteiger partial charge in [-0.1, -0.05) is 6.58 Å². The van der Waals surface area contributed by atoms with Crippen LogP contribution in [-0.4, -0.2) is 67.7 Å². The molecule has 1 N–H and O–H groups in total. The predicted molar refractivity (Wildman–Crippen MR) is 59.6 cm³/mol. The number of carboxylic acid groups (broad SMARTS) is 1. The molecule has 0 amide bonds. The maximum absolute atomic E-state index is 11.2. The van der Waals surface area contributed by atoms with Crippen LogP contribution in [0.2, 0.25) is 0 Å². The zero-order valence-electron chi connectivity index (χ0n) is 9.22. The summed E-state index contributed by atoms with van der Waals surface area (Å²) in [5, 5.41) is 8.66. The smallest absolute Gasteiger partial charge is 0.332 e. The molecule has 0 aromatic heterocycles. The van der Waals surface area contributed by atoms with E-state index < -0.39 is 16.0 Å². The molecule has 0 saturated carbocycles. The summed E-state index contributed by atoms with van der Waals surface area (Å²) in [6, 6.07) is 0. The van der Waals surface area contributed by atoms with Gasteiger partial charge in [-0.3, -0.25) is 4.90 Å². The monoisotopic (exact) mass is 248 g/mol. The third-order valence-electron chi connectivity index (χ3n) is 2.52. The average molecular weight is 248 g/mol. The Balaban J connectivity index is 2.44. The van der Waals surface area contributed by atoms with Crippen molar-refractivity contribution in [2.45, 2.75) is 0 Å². The van der Waals surface area contributed by atoms with Crippen LogP contribution in [0.3, 0.4) is 0 Å². The van der Waals surface area contributed by atoms with Gasteiger partial charge in [-0.15, -0.1) is 0 Å². The highest BCUT2D eigenvalue weighted by Crippen LogP contribution is 2.07. The Morgan fingerprint density at radius 2 is 1.81 bits per heavy atom. The molecule has 7 heteroatoms. The fraction of sp³-hybridized carbons (Fsp3) is 0.667. The van der Waals surface area contributed by atoms with Gasteiger partial charge in [0, 0.05) is 38.3 Å². The van der Waals surface area contributed by atoms with E-state index in [1.54, 1.807) is 0 Å². The third-order valence-corrected chi connectivity index (χ3v) is 3.82. The van der Waals surface area contributed by atoms with Crippen LogP contribution in [0, 0.1) is 0 Å². The highest BCUT2D eigenvalue weighted by atomic mass is 32.2. The number of piperazine rings is 1. The maximum atomic E-state index is 11.2. The second-order valence-electron chi connectivity index (χ2n) is 3.85. The molecule has 1 aliphatic heterocycles. The molecule has 1 rings (SSSR count). The number of rotatable bonds is 4. The largest absolute Gasteiger partial charge is 0.478 e. The quantitative estimate of drug-likeness (QED) is 0.659. The average Bonchev–Trinajstić information content (AvgIpc) is 2.17. The van der Waals surface area contributed by atoms with Crippen LogP contribution < -0.4 is 0 Å². The van der Waals surface area contributed by atoms with Crippen molar-refractivity contribution in [2.24, 2.45) is 0 Å². The third kappa shape index (κ3) is 3.58. The van der Waals surface area contributed by atoms with Crippen molar-refractivity contribution in [1.82, 2.24) is 9.21 Å². The molecule has 0 aromatic carbocycles. The highest BCUT2D eigenvalue weighted by molar-refractivity contribution is 7.88. The molecule has 6 nitrogen and oxygen atoms in total. The minimum atomic E-state index is -3.13. The van der Waals surface area contributed by atoms with Gasteiger partial charge in [-0.2, -0.15) is 4.31 Å². The lowest BCUT2D eigenvalue weighted by molar-refractivity contribution is -0.132. The molecule has 0 unspecified atom stereocenters. The van der Waals surface area contributed by atoms with E-state index in [0.717, 1.165) is 0 Å². The maximum Gasteiger partial charge on any atom is 0.332 e. The zero-order valence-corrected chi connectivity index (χ0v) is 10.0. The van der Waals surface area contributed by atoms with Crippen molar-refractivity contribution in [1.29, 1.82) is 0 Å². The van der Waals surface area contributed by atoms with E-state index in [2.05, 4.69) is 6.58 Å². The van der Waals surface area contributed by atoms with Crippen molar-refractivity contribution in [3.63, 3.8) is 0 Å². The van der Waals surface area contributed by atoms with E-state index in [9.17, 15) is 13.2 Å². The van der Waals surface area contributed by atoms with E-state index in [1.807, 2.05) is 4.90 Å². The van der Waals surface area contributed by atoms with Crippen LogP contribution in [0.4, 0.5) is 0 Å². The van der Waals surface area contributed by atoms with E-state index in [1.165, 1.54) is 10.6 Å². The predicted octanol–water partition coefficient (Wildman–Crippen LogP) is -0.796. The molecule has 1 aliphatic rings. The summed E-state index contributed by atoms with van der Waals surface area (Å²) in [6.07, 6.45) is 1.18. The molecular formula is C9H16N2O4S. The number of carbonyl (C=O) groups is 1. The number of hydrogen-bond acceptors (Lipinski definition) is 4. The number of sulfonamides is 1. The molecule has 0 bridgehead atoms. The zero-order chi connectivity index (χ0) is 12.3. The summed E-state index contributed by atoms with van der Waals surface area (Å²) in [5.41, 5.74) is 0.132. The Bertz CT molecular complexity index is 382. The van der Waals surface area contributed by atoms with Gasteiger partial charge in [0.15, 0.2) is 0 Å². The van der Waals surface area contributed by atoms with E-state index in [4.69, 9.17) is 5.11 Å². The molecule has 92 valence electrons. The van der Waals surface area contributed by atoms with E-state index >= 15 is 0 Å². The van der Waals surface area contributed by atoms with Gasteiger partial charge in [0.25, 0.3) is 0 Å². The topological polar surface area (TPSA) is 77.9 Å². The standard InChI is InChI=1S/C9H16N2O4S/c1-8(9(12)13)7-10-3-5-11(6-4-10)16(2,14)15/h1,3-7H2,2H3,(H,12,13). The summed E-state index contributed by atoms with van der Waals surface area (Å²) in [7, 11) is -3.13. The number of carboxylic acids is 1. The number of aliphatic carboxylic acids is 1. The molecule has 0 spiro atoms. The van der Waals surface area contributed by atoms with Crippen LogP contribution in [0.25, 0.3) is 0 Å². The first-order chi connectivity index (χ1) is 7.30. The van der Waals surface area contributed by atoms with Gasteiger partial charge >= 0.3 is 5.97 Å². The van der Waals surface area contributed by atoms with Crippen LogP contribution in [0.5, 0.6) is 0 Å². The molecule has 16 heavy (non-hydrogen) atoms. The van der Waals surface area contributed by atoms with Crippen molar-refractivity contribution >= 4 is 16.0 Å². The van der Waals surface area contributed by atoms with Crippen LogP contribution in [0.1, 0.15) is 0 Å². The minimum Gasteiger partial charge on any atom is -0.478 e. The van der Waals surface area contributed by atoms with Crippen molar-refractivity contribution in [3.05, 3.63) is 12.2 Å². The summed E-state index contributed by atoms with van der Waals surface area (Å²) < 4.78 is 23.8. The highest BCUT2D eigenvalue weighted by Gasteiger charge is 2.24.